The van der Waals surface area contributed by atoms with Crippen molar-refractivity contribution in [2.75, 3.05) is 0 Å². The molecule has 1 N–H and O–H groups in total. The third-order valence-electron chi connectivity index (χ3n) is 3.84. The zero-order valence-electron chi connectivity index (χ0n) is 12.5. The minimum atomic E-state index is -3.82. The number of nitrogens with zero attached hydrogens (tertiary/aromatic N) is 1. The van der Waals surface area contributed by atoms with Crippen LogP contribution in [0.4, 0.5) is 0 Å². The summed E-state index contributed by atoms with van der Waals surface area (Å²) < 4.78 is 24.7. The van der Waals surface area contributed by atoms with Crippen LogP contribution >= 0.6 is 10.7 Å². The van der Waals surface area contributed by atoms with Gasteiger partial charge in [0, 0.05) is 29.0 Å². The van der Waals surface area contributed by atoms with Gasteiger partial charge in [0.05, 0.1) is 0 Å². The highest BCUT2D eigenvalue weighted by atomic mass is 35.7. The van der Waals surface area contributed by atoms with Crippen LogP contribution in [-0.4, -0.2) is 24.9 Å². The maximum atomic E-state index is 12.4. The fraction of sp³-hybridized carbons (Fsp3) is 0.643. The van der Waals surface area contributed by atoms with Gasteiger partial charge >= 0.3 is 0 Å². The highest BCUT2D eigenvalue weighted by Crippen LogP contribution is 2.37. The van der Waals surface area contributed by atoms with Gasteiger partial charge in [-0.2, -0.15) is 0 Å². The minimum absolute atomic E-state index is 0.0150. The topological polar surface area (TPSA) is 68.2 Å². The number of halogens is 1. The number of carbonyl (C=O) groups is 1. The highest BCUT2D eigenvalue weighted by molar-refractivity contribution is 8.13. The predicted octanol–water partition coefficient (Wildman–Crippen LogP) is 2.91. The Labute approximate surface area is 130 Å². The molecular formula is C14H21ClN2O3S. The van der Waals surface area contributed by atoms with Crippen molar-refractivity contribution in [2.24, 2.45) is 5.92 Å². The lowest BCUT2D eigenvalue weighted by atomic mass is 10.0. The average molecular weight is 333 g/mol. The van der Waals surface area contributed by atoms with Crippen molar-refractivity contribution < 1.29 is 13.2 Å². The van der Waals surface area contributed by atoms with Gasteiger partial charge in [-0.3, -0.25) is 4.79 Å². The second-order valence-corrected chi connectivity index (χ2v) is 8.44. The molecule has 1 atom stereocenters. The summed E-state index contributed by atoms with van der Waals surface area (Å²) in [5, 5.41) is 2.97. The summed E-state index contributed by atoms with van der Waals surface area (Å²) >= 11 is 0. The Kier molecular flexibility index (Phi) is 4.68. The summed E-state index contributed by atoms with van der Waals surface area (Å²) in [6.07, 6.45) is 4.20. The molecule has 5 nitrogen and oxygen atoms in total. The standard InChI is InChI=1S/C14H21ClN2O3S/c1-4-12(9(2)3)16-14(18)13-7-11(21(15,19)20)8-17(13)10-5-6-10/h7-10,12H,4-6H2,1-3H3,(H,16,18). The Hall–Kier alpha value is -1.01. The molecule has 0 spiro atoms. The third kappa shape index (κ3) is 3.80. The smallest absolute Gasteiger partial charge is 0.268 e. The lowest BCUT2D eigenvalue weighted by molar-refractivity contribution is 0.0915. The van der Waals surface area contributed by atoms with Crippen LogP contribution in [0.25, 0.3) is 0 Å². The van der Waals surface area contributed by atoms with E-state index in [4.69, 9.17) is 10.7 Å². The van der Waals surface area contributed by atoms with Crippen molar-refractivity contribution in [3.63, 3.8) is 0 Å². The van der Waals surface area contributed by atoms with Crippen LogP contribution in [-0.2, 0) is 9.05 Å². The number of hydrogen-bond donors (Lipinski definition) is 1. The summed E-state index contributed by atoms with van der Waals surface area (Å²) in [7, 11) is 1.56. The average Bonchev–Trinajstić information content (AvgIpc) is 3.12. The zero-order valence-corrected chi connectivity index (χ0v) is 14.0. The molecule has 2 rings (SSSR count). The van der Waals surface area contributed by atoms with E-state index in [2.05, 4.69) is 5.32 Å². The largest absolute Gasteiger partial charge is 0.348 e. The first kappa shape index (κ1) is 16.4. The van der Waals surface area contributed by atoms with Gasteiger partial charge in [0.2, 0.25) is 0 Å². The third-order valence-corrected chi connectivity index (χ3v) is 5.16. The molecule has 0 saturated heterocycles. The SMILES string of the molecule is CCC(NC(=O)c1cc(S(=O)(=O)Cl)cn1C1CC1)C(C)C. The molecule has 1 aliphatic rings. The first-order valence-electron chi connectivity index (χ1n) is 7.21. The van der Waals surface area contributed by atoms with Crippen molar-refractivity contribution in [1.82, 2.24) is 9.88 Å². The number of hydrogen-bond acceptors (Lipinski definition) is 3. The van der Waals surface area contributed by atoms with Gasteiger partial charge < -0.3 is 9.88 Å². The number of aromatic nitrogens is 1. The van der Waals surface area contributed by atoms with Crippen LogP contribution in [0.3, 0.4) is 0 Å². The minimum Gasteiger partial charge on any atom is -0.348 e. The van der Waals surface area contributed by atoms with Crippen LogP contribution in [0.5, 0.6) is 0 Å². The molecule has 7 heteroatoms. The van der Waals surface area contributed by atoms with E-state index < -0.39 is 9.05 Å². The van der Waals surface area contributed by atoms with E-state index in [0.717, 1.165) is 19.3 Å². The van der Waals surface area contributed by atoms with Crippen LogP contribution in [0.2, 0.25) is 0 Å². The Balaban J connectivity index is 2.29. The summed E-state index contributed by atoms with van der Waals surface area (Å²) in [5.41, 5.74) is 0.371. The van der Waals surface area contributed by atoms with Gasteiger partial charge in [0.1, 0.15) is 10.6 Å². The summed E-state index contributed by atoms with van der Waals surface area (Å²) in [5.74, 6) is 0.0773. The number of nitrogens with one attached hydrogen (secondary N) is 1. The second-order valence-electron chi connectivity index (χ2n) is 5.87. The molecule has 0 bridgehead atoms. The molecule has 1 aromatic rings. The van der Waals surface area contributed by atoms with Gasteiger partial charge in [-0.15, -0.1) is 0 Å². The Morgan fingerprint density at radius 2 is 2.10 bits per heavy atom. The Morgan fingerprint density at radius 1 is 1.48 bits per heavy atom. The van der Waals surface area contributed by atoms with E-state index in [0.29, 0.717) is 11.6 Å². The van der Waals surface area contributed by atoms with Gasteiger partial charge in [0.25, 0.3) is 15.0 Å². The van der Waals surface area contributed by atoms with Gasteiger partial charge in [-0.05, 0) is 31.2 Å². The van der Waals surface area contributed by atoms with Crippen molar-refractivity contribution in [1.29, 1.82) is 0 Å². The molecule has 0 radical (unpaired) electrons. The predicted molar refractivity (Wildman–Crippen MR) is 82.1 cm³/mol. The van der Waals surface area contributed by atoms with Crippen molar-refractivity contribution in [2.45, 2.75) is 57.0 Å². The number of rotatable bonds is 6. The van der Waals surface area contributed by atoms with Crippen LogP contribution in [0.1, 0.15) is 56.6 Å². The van der Waals surface area contributed by atoms with Crippen molar-refractivity contribution in [3.05, 3.63) is 18.0 Å². The second kappa shape index (κ2) is 6.01. The van der Waals surface area contributed by atoms with E-state index in [1.807, 2.05) is 20.8 Å². The molecule has 21 heavy (non-hydrogen) atoms. The lowest BCUT2D eigenvalue weighted by Gasteiger charge is -2.21. The van der Waals surface area contributed by atoms with Crippen LogP contribution < -0.4 is 5.32 Å². The summed E-state index contributed by atoms with van der Waals surface area (Å²) in [6.45, 7) is 6.10. The molecule has 1 aromatic heterocycles. The molecule has 1 heterocycles. The Bertz CT molecular complexity index is 633. The normalized spacial score (nSPS) is 17.0. The monoisotopic (exact) mass is 332 g/mol. The molecule has 1 unspecified atom stereocenters. The molecule has 1 amide bonds. The molecule has 1 saturated carbocycles. The van der Waals surface area contributed by atoms with Crippen LogP contribution in [0.15, 0.2) is 17.2 Å². The van der Waals surface area contributed by atoms with Crippen molar-refractivity contribution >= 4 is 25.6 Å². The maximum absolute atomic E-state index is 12.4. The maximum Gasteiger partial charge on any atom is 0.268 e. The zero-order chi connectivity index (χ0) is 15.8. The van der Waals surface area contributed by atoms with Crippen LogP contribution in [0, 0.1) is 5.92 Å². The summed E-state index contributed by atoms with van der Waals surface area (Å²) in [4.78, 5) is 12.4. The Morgan fingerprint density at radius 3 is 2.52 bits per heavy atom. The van der Waals surface area contributed by atoms with Crippen molar-refractivity contribution in [3.8, 4) is 0 Å². The first-order valence-corrected chi connectivity index (χ1v) is 9.52. The lowest BCUT2D eigenvalue weighted by Crippen LogP contribution is -2.38. The molecular weight excluding hydrogens is 312 g/mol. The van der Waals surface area contributed by atoms with E-state index in [-0.39, 0.29) is 22.9 Å². The number of carbonyl (C=O) groups excluding carboxylic acids is 1. The molecule has 118 valence electrons. The molecule has 1 fully saturated rings. The van der Waals surface area contributed by atoms with Gasteiger partial charge in [-0.25, -0.2) is 8.42 Å². The number of amides is 1. The van der Waals surface area contributed by atoms with Gasteiger partial charge in [-0.1, -0.05) is 20.8 Å². The molecule has 0 aromatic carbocycles. The van der Waals surface area contributed by atoms with E-state index in [1.165, 1.54) is 12.3 Å². The van der Waals surface area contributed by atoms with E-state index >= 15 is 0 Å². The molecule has 0 aliphatic heterocycles. The molecule has 1 aliphatic carbocycles. The van der Waals surface area contributed by atoms with Gasteiger partial charge in [0.15, 0.2) is 0 Å². The van der Waals surface area contributed by atoms with E-state index in [1.54, 1.807) is 4.57 Å². The summed E-state index contributed by atoms with van der Waals surface area (Å²) in [6, 6.07) is 1.64. The highest BCUT2D eigenvalue weighted by Gasteiger charge is 2.30. The quantitative estimate of drug-likeness (QED) is 0.814. The fourth-order valence-corrected chi connectivity index (χ4v) is 3.15. The van der Waals surface area contributed by atoms with E-state index in [9.17, 15) is 13.2 Å². The fourth-order valence-electron chi connectivity index (χ4n) is 2.41. The first-order chi connectivity index (χ1) is 9.74.